The van der Waals surface area contributed by atoms with Crippen LogP contribution in [-0.4, -0.2) is 11.5 Å². The molecule has 104 valence electrons. The molecule has 1 aromatic carbocycles. The number of nitrogens with one attached hydrogen (secondary N) is 1. The van der Waals surface area contributed by atoms with Gasteiger partial charge in [0.05, 0.1) is 5.52 Å². The highest BCUT2D eigenvalue weighted by Gasteiger charge is 2.39. The lowest BCUT2D eigenvalue weighted by Gasteiger charge is -2.22. The summed E-state index contributed by atoms with van der Waals surface area (Å²) in [5.41, 5.74) is 2.16. The summed E-state index contributed by atoms with van der Waals surface area (Å²) in [6.45, 7) is 1.10. The molecule has 0 amide bonds. The predicted molar refractivity (Wildman–Crippen MR) is 84.2 cm³/mol. The van der Waals surface area contributed by atoms with Gasteiger partial charge in [0.15, 0.2) is 0 Å². The molecule has 2 aliphatic carbocycles. The quantitative estimate of drug-likeness (QED) is 0.882. The number of anilines is 1. The van der Waals surface area contributed by atoms with Crippen LogP contribution in [0.1, 0.15) is 25.7 Å². The van der Waals surface area contributed by atoms with Crippen molar-refractivity contribution < 1.29 is 0 Å². The van der Waals surface area contributed by atoms with Crippen molar-refractivity contribution in [3.63, 3.8) is 0 Å². The lowest BCUT2D eigenvalue weighted by molar-refractivity contribution is 0.348. The van der Waals surface area contributed by atoms with Gasteiger partial charge in [-0.3, -0.25) is 4.98 Å². The molecule has 3 unspecified atom stereocenters. The van der Waals surface area contributed by atoms with Crippen molar-refractivity contribution in [1.82, 2.24) is 4.98 Å². The fourth-order valence-corrected chi connectivity index (χ4v) is 4.31. The maximum Gasteiger partial charge on any atom is 0.0737 e. The van der Waals surface area contributed by atoms with E-state index in [0.29, 0.717) is 0 Å². The van der Waals surface area contributed by atoms with E-state index in [1.54, 1.807) is 0 Å². The molecular formula is C17H19ClN2. The Morgan fingerprint density at radius 2 is 2.15 bits per heavy atom. The van der Waals surface area contributed by atoms with Crippen LogP contribution in [0.25, 0.3) is 10.9 Å². The number of hydrogen-bond acceptors (Lipinski definition) is 2. The Kier molecular flexibility index (Phi) is 3.07. The molecule has 4 rings (SSSR count). The lowest BCUT2D eigenvalue weighted by atomic mass is 9.89. The number of halogens is 1. The van der Waals surface area contributed by atoms with Crippen LogP contribution < -0.4 is 5.32 Å². The summed E-state index contributed by atoms with van der Waals surface area (Å²) in [6, 6.07) is 8.01. The Labute approximate surface area is 124 Å². The van der Waals surface area contributed by atoms with Gasteiger partial charge >= 0.3 is 0 Å². The van der Waals surface area contributed by atoms with Crippen molar-refractivity contribution in [2.45, 2.75) is 25.7 Å². The van der Waals surface area contributed by atoms with Gasteiger partial charge in [0.25, 0.3) is 0 Å². The zero-order valence-corrected chi connectivity index (χ0v) is 12.2. The number of aromatic nitrogens is 1. The summed E-state index contributed by atoms with van der Waals surface area (Å²) < 4.78 is 0. The van der Waals surface area contributed by atoms with Crippen molar-refractivity contribution >= 4 is 28.2 Å². The summed E-state index contributed by atoms with van der Waals surface area (Å²) in [7, 11) is 0. The second-order valence-electron chi connectivity index (χ2n) is 6.34. The van der Waals surface area contributed by atoms with Crippen molar-refractivity contribution in [3.8, 4) is 0 Å². The lowest BCUT2D eigenvalue weighted by Crippen LogP contribution is -2.20. The normalized spacial score (nSPS) is 28.1. The fourth-order valence-electron chi connectivity index (χ4n) is 4.14. The summed E-state index contributed by atoms with van der Waals surface area (Å²) in [5.74, 6) is 2.85. The average Bonchev–Trinajstić information content (AvgIpc) is 3.07. The van der Waals surface area contributed by atoms with Crippen LogP contribution in [0.4, 0.5) is 5.69 Å². The van der Waals surface area contributed by atoms with Crippen molar-refractivity contribution in [2.75, 3.05) is 11.9 Å². The monoisotopic (exact) mass is 286 g/mol. The first-order valence-corrected chi connectivity index (χ1v) is 7.95. The van der Waals surface area contributed by atoms with E-state index < -0.39 is 0 Å². The van der Waals surface area contributed by atoms with Gasteiger partial charge in [-0.2, -0.15) is 0 Å². The first kappa shape index (κ1) is 12.5. The van der Waals surface area contributed by atoms with Crippen LogP contribution in [0.3, 0.4) is 0 Å². The Balaban J connectivity index is 1.54. The molecule has 20 heavy (non-hydrogen) atoms. The molecule has 2 aromatic rings. The number of hydrogen-bond donors (Lipinski definition) is 1. The van der Waals surface area contributed by atoms with Crippen LogP contribution in [0, 0.1) is 17.8 Å². The van der Waals surface area contributed by atoms with Gasteiger partial charge in [-0.25, -0.2) is 0 Å². The Morgan fingerprint density at radius 1 is 1.20 bits per heavy atom. The summed E-state index contributed by atoms with van der Waals surface area (Å²) in [6.07, 6.45) is 7.68. The van der Waals surface area contributed by atoms with E-state index in [4.69, 9.17) is 11.6 Å². The number of fused-ring (bicyclic) bond motifs is 3. The second kappa shape index (κ2) is 4.92. The molecule has 0 saturated heterocycles. The minimum absolute atomic E-state index is 0.746. The first-order valence-electron chi connectivity index (χ1n) is 7.58. The van der Waals surface area contributed by atoms with Crippen LogP contribution in [-0.2, 0) is 0 Å². The molecule has 1 heterocycles. The molecule has 2 fully saturated rings. The summed E-state index contributed by atoms with van der Waals surface area (Å²) in [5, 5.41) is 5.56. The highest BCUT2D eigenvalue weighted by molar-refractivity contribution is 6.31. The van der Waals surface area contributed by atoms with Gasteiger partial charge in [-0.1, -0.05) is 18.0 Å². The van der Waals surface area contributed by atoms with E-state index >= 15 is 0 Å². The van der Waals surface area contributed by atoms with E-state index in [-0.39, 0.29) is 0 Å². The topological polar surface area (TPSA) is 24.9 Å². The van der Waals surface area contributed by atoms with Gasteiger partial charge in [0.2, 0.25) is 0 Å². The summed E-state index contributed by atoms with van der Waals surface area (Å²) in [4.78, 5) is 4.40. The SMILES string of the molecule is Clc1ccc2c(NCC3CC4CCC3C4)ccnc2c1. The van der Waals surface area contributed by atoms with Crippen LogP contribution in [0.15, 0.2) is 30.5 Å². The molecule has 0 aliphatic heterocycles. The predicted octanol–water partition coefficient (Wildman–Crippen LogP) is 4.74. The molecular weight excluding hydrogens is 268 g/mol. The molecule has 3 atom stereocenters. The maximum atomic E-state index is 6.03. The van der Waals surface area contributed by atoms with Crippen LogP contribution >= 0.6 is 11.6 Å². The largest absolute Gasteiger partial charge is 0.384 e. The van der Waals surface area contributed by atoms with Crippen molar-refractivity contribution in [1.29, 1.82) is 0 Å². The number of rotatable bonds is 3. The van der Waals surface area contributed by atoms with Gasteiger partial charge in [0.1, 0.15) is 0 Å². The molecule has 2 saturated carbocycles. The molecule has 0 radical (unpaired) electrons. The Morgan fingerprint density at radius 3 is 2.95 bits per heavy atom. The molecule has 0 spiro atoms. The molecule has 2 nitrogen and oxygen atoms in total. The highest BCUT2D eigenvalue weighted by atomic mass is 35.5. The van der Waals surface area contributed by atoms with Crippen molar-refractivity contribution in [2.24, 2.45) is 17.8 Å². The van der Waals surface area contributed by atoms with Crippen LogP contribution in [0.5, 0.6) is 0 Å². The first-order chi connectivity index (χ1) is 9.79. The Hall–Kier alpha value is -1.28. The smallest absolute Gasteiger partial charge is 0.0737 e. The fraction of sp³-hybridized carbons (Fsp3) is 0.471. The van der Waals surface area contributed by atoms with Gasteiger partial charge in [-0.05, 0) is 61.3 Å². The van der Waals surface area contributed by atoms with Crippen LogP contribution in [0.2, 0.25) is 5.02 Å². The zero-order valence-electron chi connectivity index (χ0n) is 11.5. The van der Waals surface area contributed by atoms with Gasteiger partial charge in [-0.15, -0.1) is 0 Å². The van der Waals surface area contributed by atoms with E-state index in [9.17, 15) is 0 Å². The average molecular weight is 287 g/mol. The number of nitrogens with zero attached hydrogens (tertiary/aromatic N) is 1. The number of benzene rings is 1. The third kappa shape index (κ3) is 2.16. The van der Waals surface area contributed by atoms with E-state index in [1.807, 2.05) is 18.3 Å². The molecule has 2 aliphatic rings. The van der Waals surface area contributed by atoms with E-state index in [1.165, 1.54) is 36.8 Å². The van der Waals surface area contributed by atoms with Gasteiger partial charge in [0, 0.05) is 28.8 Å². The van der Waals surface area contributed by atoms with E-state index in [0.717, 1.165) is 34.8 Å². The highest BCUT2D eigenvalue weighted by Crippen LogP contribution is 2.48. The van der Waals surface area contributed by atoms with Gasteiger partial charge < -0.3 is 5.32 Å². The van der Waals surface area contributed by atoms with E-state index in [2.05, 4.69) is 22.4 Å². The third-order valence-electron chi connectivity index (χ3n) is 5.14. The molecule has 1 N–H and O–H groups in total. The zero-order chi connectivity index (χ0) is 13.5. The van der Waals surface area contributed by atoms with Crippen molar-refractivity contribution in [3.05, 3.63) is 35.5 Å². The maximum absolute atomic E-state index is 6.03. The Bertz CT molecular complexity index is 640. The minimum Gasteiger partial charge on any atom is -0.384 e. The summed E-state index contributed by atoms with van der Waals surface area (Å²) >= 11 is 6.03. The minimum atomic E-state index is 0.746. The number of pyridine rings is 1. The second-order valence-corrected chi connectivity index (χ2v) is 6.77. The standard InChI is InChI=1S/C17H19ClN2/c18-14-3-4-15-16(5-6-19-17(15)9-14)20-10-13-8-11-1-2-12(13)7-11/h3-6,9,11-13H,1-2,7-8,10H2,(H,19,20). The third-order valence-corrected chi connectivity index (χ3v) is 5.38. The molecule has 3 heteroatoms. The molecule has 1 aromatic heterocycles. The molecule has 2 bridgehead atoms.